The second kappa shape index (κ2) is 8.57. The van der Waals surface area contributed by atoms with Gasteiger partial charge >= 0.3 is 0 Å². The molecule has 28 heavy (non-hydrogen) atoms. The van der Waals surface area contributed by atoms with Gasteiger partial charge in [-0.2, -0.15) is 0 Å². The summed E-state index contributed by atoms with van der Waals surface area (Å²) in [6.45, 7) is 7.57. The van der Waals surface area contributed by atoms with E-state index < -0.39 is 0 Å². The Morgan fingerprint density at radius 1 is 0.929 bits per heavy atom. The summed E-state index contributed by atoms with van der Waals surface area (Å²) in [6.07, 6.45) is 2.50. The summed E-state index contributed by atoms with van der Waals surface area (Å²) in [5, 5.41) is 8.95. The summed E-state index contributed by atoms with van der Waals surface area (Å²) < 4.78 is 0. The lowest BCUT2D eigenvalue weighted by Crippen LogP contribution is -2.29. The molecule has 0 spiro atoms. The van der Waals surface area contributed by atoms with Gasteiger partial charge in [-0.3, -0.25) is 9.59 Å². The Labute approximate surface area is 166 Å². The van der Waals surface area contributed by atoms with Crippen molar-refractivity contribution < 1.29 is 9.59 Å². The van der Waals surface area contributed by atoms with Crippen LogP contribution in [0.4, 0.5) is 11.4 Å². The van der Waals surface area contributed by atoms with E-state index in [1.165, 1.54) is 18.4 Å². The van der Waals surface area contributed by atoms with Crippen LogP contribution in [0.3, 0.4) is 0 Å². The van der Waals surface area contributed by atoms with Crippen LogP contribution in [0.1, 0.15) is 49.5 Å². The number of para-hydroxylation sites is 2. The number of anilines is 2. The number of carbonyl (C=O) groups excluding carboxylic acids is 2. The van der Waals surface area contributed by atoms with Crippen molar-refractivity contribution in [2.24, 2.45) is 5.92 Å². The summed E-state index contributed by atoms with van der Waals surface area (Å²) in [5.74, 6) is 0.412. The molecule has 0 unspecified atom stereocenters. The van der Waals surface area contributed by atoms with Gasteiger partial charge in [-0.25, -0.2) is 0 Å². The largest absolute Gasteiger partial charge is 0.323 e. The van der Waals surface area contributed by atoms with E-state index >= 15 is 0 Å². The summed E-state index contributed by atoms with van der Waals surface area (Å²) in [4.78, 5) is 24.8. The fourth-order valence-corrected chi connectivity index (χ4v) is 2.92. The lowest BCUT2D eigenvalue weighted by atomic mass is 9.87. The molecule has 1 saturated carbocycles. The third-order valence-electron chi connectivity index (χ3n) is 4.88. The van der Waals surface area contributed by atoms with E-state index in [0.29, 0.717) is 16.9 Å². The monoisotopic (exact) mass is 379 g/mol. The molecule has 0 radical (unpaired) electrons. The smallest absolute Gasteiger partial charge is 0.255 e. The Hall–Kier alpha value is -2.66. The predicted octanol–water partition coefficient (Wildman–Crippen LogP) is 4.17. The Morgan fingerprint density at radius 3 is 2.11 bits per heavy atom. The minimum Gasteiger partial charge on any atom is -0.323 e. The Morgan fingerprint density at radius 2 is 1.54 bits per heavy atom. The average Bonchev–Trinajstić information content (AvgIpc) is 3.47. The summed E-state index contributed by atoms with van der Waals surface area (Å²) >= 11 is 0. The SMILES string of the molecule is CC(C)(C)c1ccc(C(=O)Nc2ccccc2NC(=O)CNCC2CC2)cc1. The molecule has 1 aliphatic carbocycles. The quantitative estimate of drug-likeness (QED) is 0.676. The molecule has 5 heteroatoms. The van der Waals surface area contributed by atoms with Crippen LogP contribution in [0.5, 0.6) is 0 Å². The minimum absolute atomic E-state index is 0.0411. The zero-order valence-electron chi connectivity index (χ0n) is 16.8. The van der Waals surface area contributed by atoms with Crippen molar-refractivity contribution in [3.05, 3.63) is 59.7 Å². The Bertz CT molecular complexity index is 834. The molecule has 3 N–H and O–H groups in total. The molecule has 1 fully saturated rings. The summed E-state index contributed by atoms with van der Waals surface area (Å²) in [6, 6.07) is 14.9. The van der Waals surface area contributed by atoms with Crippen molar-refractivity contribution in [1.29, 1.82) is 0 Å². The molecule has 2 aromatic carbocycles. The van der Waals surface area contributed by atoms with E-state index in [0.717, 1.165) is 12.5 Å². The molecule has 0 aliphatic heterocycles. The van der Waals surface area contributed by atoms with Crippen molar-refractivity contribution >= 4 is 23.2 Å². The van der Waals surface area contributed by atoms with E-state index in [4.69, 9.17) is 0 Å². The van der Waals surface area contributed by atoms with Gasteiger partial charge in [0.15, 0.2) is 0 Å². The van der Waals surface area contributed by atoms with Gasteiger partial charge in [-0.15, -0.1) is 0 Å². The van der Waals surface area contributed by atoms with Gasteiger partial charge in [0.05, 0.1) is 17.9 Å². The first kappa shape index (κ1) is 20.1. The number of nitrogens with one attached hydrogen (secondary N) is 3. The van der Waals surface area contributed by atoms with Crippen molar-refractivity contribution in [3.63, 3.8) is 0 Å². The third kappa shape index (κ3) is 5.67. The summed E-state index contributed by atoms with van der Waals surface area (Å²) in [5.41, 5.74) is 2.98. The number of carbonyl (C=O) groups is 2. The van der Waals surface area contributed by atoms with E-state index in [1.54, 1.807) is 12.1 Å². The van der Waals surface area contributed by atoms with Gasteiger partial charge in [0, 0.05) is 5.56 Å². The molecular weight excluding hydrogens is 350 g/mol. The second-order valence-corrected chi connectivity index (χ2v) is 8.45. The molecule has 0 aromatic heterocycles. The number of hydrogen-bond donors (Lipinski definition) is 3. The third-order valence-corrected chi connectivity index (χ3v) is 4.88. The van der Waals surface area contributed by atoms with Crippen LogP contribution in [0.15, 0.2) is 48.5 Å². The fraction of sp³-hybridized carbons (Fsp3) is 0.391. The molecule has 3 rings (SSSR count). The second-order valence-electron chi connectivity index (χ2n) is 8.45. The first-order valence-electron chi connectivity index (χ1n) is 9.84. The Kier molecular flexibility index (Phi) is 6.15. The van der Waals surface area contributed by atoms with Crippen LogP contribution in [0, 0.1) is 5.92 Å². The molecule has 1 aliphatic rings. The highest BCUT2D eigenvalue weighted by Gasteiger charge is 2.20. The topological polar surface area (TPSA) is 70.2 Å². The zero-order valence-corrected chi connectivity index (χ0v) is 16.8. The van der Waals surface area contributed by atoms with Gasteiger partial charge < -0.3 is 16.0 Å². The number of benzene rings is 2. The van der Waals surface area contributed by atoms with E-state index in [1.807, 2.05) is 36.4 Å². The molecule has 0 atom stereocenters. The maximum Gasteiger partial charge on any atom is 0.255 e. The average molecular weight is 380 g/mol. The lowest BCUT2D eigenvalue weighted by molar-refractivity contribution is -0.115. The number of hydrogen-bond acceptors (Lipinski definition) is 3. The van der Waals surface area contributed by atoms with Gasteiger partial charge in [0.2, 0.25) is 5.91 Å². The van der Waals surface area contributed by atoms with Gasteiger partial charge in [0.1, 0.15) is 0 Å². The highest BCUT2D eigenvalue weighted by atomic mass is 16.2. The molecule has 148 valence electrons. The van der Waals surface area contributed by atoms with Gasteiger partial charge in [-0.05, 0) is 60.5 Å². The van der Waals surface area contributed by atoms with Crippen LogP contribution in [0.2, 0.25) is 0 Å². The zero-order chi connectivity index (χ0) is 20.1. The normalized spacial score (nSPS) is 13.8. The first-order chi connectivity index (χ1) is 13.3. The predicted molar refractivity (Wildman–Crippen MR) is 114 cm³/mol. The highest BCUT2D eigenvalue weighted by Crippen LogP contribution is 2.27. The van der Waals surface area contributed by atoms with E-state index in [9.17, 15) is 9.59 Å². The van der Waals surface area contributed by atoms with Crippen molar-refractivity contribution in [1.82, 2.24) is 5.32 Å². The highest BCUT2D eigenvalue weighted by molar-refractivity contribution is 6.07. The van der Waals surface area contributed by atoms with E-state index in [-0.39, 0.29) is 23.8 Å². The van der Waals surface area contributed by atoms with E-state index in [2.05, 4.69) is 36.7 Å². The van der Waals surface area contributed by atoms with Gasteiger partial charge in [0.25, 0.3) is 5.91 Å². The Balaban J connectivity index is 1.61. The molecule has 0 heterocycles. The summed E-state index contributed by atoms with van der Waals surface area (Å²) in [7, 11) is 0. The molecule has 0 saturated heterocycles. The lowest BCUT2D eigenvalue weighted by Gasteiger charge is -2.19. The van der Waals surface area contributed by atoms with Crippen molar-refractivity contribution in [3.8, 4) is 0 Å². The molecule has 0 bridgehead atoms. The first-order valence-corrected chi connectivity index (χ1v) is 9.84. The standard InChI is InChI=1S/C23H29N3O2/c1-23(2,3)18-12-10-17(11-13-18)22(28)26-20-7-5-4-6-19(20)25-21(27)15-24-14-16-8-9-16/h4-7,10-13,16,24H,8-9,14-15H2,1-3H3,(H,25,27)(H,26,28). The maximum absolute atomic E-state index is 12.6. The number of rotatable bonds is 7. The minimum atomic E-state index is -0.200. The van der Waals surface area contributed by atoms with Crippen LogP contribution in [-0.2, 0) is 10.2 Å². The molecular formula is C23H29N3O2. The van der Waals surface area contributed by atoms with Crippen LogP contribution in [-0.4, -0.2) is 24.9 Å². The van der Waals surface area contributed by atoms with Gasteiger partial charge in [-0.1, -0.05) is 45.0 Å². The van der Waals surface area contributed by atoms with Crippen LogP contribution in [0.25, 0.3) is 0 Å². The molecule has 5 nitrogen and oxygen atoms in total. The maximum atomic E-state index is 12.6. The number of amides is 2. The van der Waals surface area contributed by atoms with Crippen molar-refractivity contribution in [2.75, 3.05) is 23.7 Å². The van der Waals surface area contributed by atoms with Crippen LogP contribution < -0.4 is 16.0 Å². The fourth-order valence-electron chi connectivity index (χ4n) is 2.92. The molecule has 2 amide bonds. The van der Waals surface area contributed by atoms with Crippen molar-refractivity contribution in [2.45, 2.75) is 39.0 Å². The molecule has 2 aromatic rings. The van der Waals surface area contributed by atoms with Crippen LogP contribution >= 0.6 is 0 Å².